The first kappa shape index (κ1) is 15.8. The summed E-state index contributed by atoms with van der Waals surface area (Å²) in [6, 6.07) is 8.20. The molecule has 1 atom stereocenters. The first-order chi connectivity index (χ1) is 8.72. The molecule has 0 fully saturated rings. The van der Waals surface area contributed by atoms with Crippen molar-refractivity contribution >= 4 is 27.7 Å². The number of benzene rings is 1. The Balaban J connectivity index is 2.13. The Morgan fingerprint density at radius 2 is 2.17 bits per heavy atom. The van der Waals surface area contributed by atoms with Crippen LogP contribution in [0, 0.1) is 0 Å². The molecule has 0 spiro atoms. The van der Waals surface area contributed by atoms with E-state index in [0.29, 0.717) is 0 Å². The maximum absolute atomic E-state index is 9.88. The Hall–Kier alpha value is -0.250. The number of aliphatic hydroxyl groups is 1. The molecular formula is C15H21BrOS. The molecule has 18 heavy (non-hydrogen) atoms. The van der Waals surface area contributed by atoms with E-state index in [0.717, 1.165) is 29.5 Å². The molecule has 1 aromatic carbocycles. The minimum atomic E-state index is -0.197. The van der Waals surface area contributed by atoms with Crippen molar-refractivity contribution in [3.05, 3.63) is 41.4 Å². The number of hydrogen-bond donors (Lipinski definition) is 1. The predicted molar refractivity (Wildman–Crippen MR) is 84.2 cm³/mol. The zero-order chi connectivity index (χ0) is 13.2. The van der Waals surface area contributed by atoms with Crippen molar-refractivity contribution in [2.45, 2.75) is 43.1 Å². The van der Waals surface area contributed by atoms with Gasteiger partial charge < -0.3 is 5.11 Å². The number of unbranched alkanes of at least 4 members (excludes halogenated alkanes) is 3. The minimum absolute atomic E-state index is 0.197. The molecule has 100 valence electrons. The SMILES string of the molecule is C=CCCCCCC(O)CSc1cccc(Br)c1. The molecular weight excluding hydrogens is 308 g/mol. The Bertz CT molecular complexity index is 354. The number of thioether (sulfide) groups is 1. The van der Waals surface area contributed by atoms with Crippen LogP contribution in [0.2, 0.25) is 0 Å². The highest BCUT2D eigenvalue weighted by Gasteiger charge is 2.05. The molecule has 0 radical (unpaired) electrons. The summed E-state index contributed by atoms with van der Waals surface area (Å²) in [5.41, 5.74) is 0. The van der Waals surface area contributed by atoms with Crippen LogP contribution in [0.5, 0.6) is 0 Å². The molecule has 0 saturated carbocycles. The van der Waals surface area contributed by atoms with Crippen LogP contribution in [0.3, 0.4) is 0 Å². The van der Waals surface area contributed by atoms with Gasteiger partial charge in [0.05, 0.1) is 6.10 Å². The van der Waals surface area contributed by atoms with Gasteiger partial charge in [-0.25, -0.2) is 0 Å². The number of rotatable bonds is 9. The van der Waals surface area contributed by atoms with Crippen molar-refractivity contribution in [1.29, 1.82) is 0 Å². The van der Waals surface area contributed by atoms with Gasteiger partial charge in [-0.3, -0.25) is 0 Å². The van der Waals surface area contributed by atoms with E-state index < -0.39 is 0 Å². The van der Waals surface area contributed by atoms with Gasteiger partial charge in [0.1, 0.15) is 0 Å². The largest absolute Gasteiger partial charge is 0.392 e. The number of halogens is 1. The van der Waals surface area contributed by atoms with Gasteiger partial charge in [-0.1, -0.05) is 40.9 Å². The van der Waals surface area contributed by atoms with Gasteiger partial charge in [0.2, 0.25) is 0 Å². The Kier molecular flexibility index (Phi) is 8.47. The maximum atomic E-state index is 9.88. The molecule has 0 bridgehead atoms. The summed E-state index contributed by atoms with van der Waals surface area (Å²) >= 11 is 5.17. The molecule has 1 aromatic rings. The molecule has 0 aromatic heterocycles. The molecule has 1 rings (SSSR count). The van der Waals surface area contributed by atoms with Crippen LogP contribution < -0.4 is 0 Å². The van der Waals surface area contributed by atoms with Crippen molar-refractivity contribution in [3.8, 4) is 0 Å². The van der Waals surface area contributed by atoms with E-state index in [1.165, 1.54) is 17.7 Å². The third-order valence-electron chi connectivity index (χ3n) is 2.68. The zero-order valence-corrected chi connectivity index (χ0v) is 13.0. The molecule has 3 heteroatoms. The fourth-order valence-electron chi connectivity index (χ4n) is 1.68. The normalized spacial score (nSPS) is 12.3. The van der Waals surface area contributed by atoms with E-state index in [9.17, 15) is 5.11 Å². The van der Waals surface area contributed by atoms with Crippen LogP contribution in [-0.2, 0) is 0 Å². The highest BCUT2D eigenvalue weighted by molar-refractivity contribution is 9.10. The molecule has 0 heterocycles. The minimum Gasteiger partial charge on any atom is -0.392 e. The van der Waals surface area contributed by atoms with Gasteiger partial charge in [-0.05, 0) is 37.5 Å². The molecule has 0 aliphatic carbocycles. The molecule has 1 unspecified atom stereocenters. The highest BCUT2D eigenvalue weighted by Crippen LogP contribution is 2.23. The molecule has 0 amide bonds. The highest BCUT2D eigenvalue weighted by atomic mass is 79.9. The fraction of sp³-hybridized carbons (Fsp3) is 0.467. The first-order valence-corrected chi connectivity index (χ1v) is 8.17. The Morgan fingerprint density at radius 3 is 2.89 bits per heavy atom. The molecule has 1 N–H and O–H groups in total. The van der Waals surface area contributed by atoms with Gasteiger partial charge in [0.25, 0.3) is 0 Å². The van der Waals surface area contributed by atoms with Gasteiger partial charge in [-0.2, -0.15) is 0 Å². The molecule has 0 aliphatic rings. The lowest BCUT2D eigenvalue weighted by Gasteiger charge is -2.10. The molecule has 0 aliphatic heterocycles. The average Bonchev–Trinajstić information content (AvgIpc) is 2.36. The van der Waals surface area contributed by atoms with Crippen LogP contribution in [0.4, 0.5) is 0 Å². The quantitative estimate of drug-likeness (QED) is 0.389. The van der Waals surface area contributed by atoms with Crippen molar-refractivity contribution in [1.82, 2.24) is 0 Å². The second-order valence-electron chi connectivity index (χ2n) is 4.35. The molecule has 0 saturated heterocycles. The van der Waals surface area contributed by atoms with Crippen molar-refractivity contribution < 1.29 is 5.11 Å². The van der Waals surface area contributed by atoms with Crippen LogP contribution >= 0.6 is 27.7 Å². The zero-order valence-electron chi connectivity index (χ0n) is 10.6. The predicted octanol–water partition coefficient (Wildman–Crippen LogP) is 5.04. The summed E-state index contributed by atoms with van der Waals surface area (Å²) in [6.07, 6.45) is 7.23. The van der Waals surface area contributed by atoms with Gasteiger partial charge in [0.15, 0.2) is 0 Å². The summed E-state index contributed by atoms with van der Waals surface area (Å²) in [6.45, 7) is 3.71. The Labute approximate surface area is 123 Å². The van der Waals surface area contributed by atoms with Gasteiger partial charge in [0, 0.05) is 15.1 Å². The summed E-state index contributed by atoms with van der Waals surface area (Å²) < 4.78 is 1.09. The standard InChI is InChI=1S/C15H21BrOS/c1-2-3-4-5-6-9-14(17)12-18-15-10-7-8-13(16)11-15/h2,7-8,10-11,14,17H,1,3-6,9,12H2. The second-order valence-corrected chi connectivity index (χ2v) is 6.36. The van der Waals surface area contributed by atoms with Crippen LogP contribution in [0.15, 0.2) is 46.3 Å². The van der Waals surface area contributed by atoms with Crippen molar-refractivity contribution in [2.24, 2.45) is 0 Å². The summed E-state index contributed by atoms with van der Waals surface area (Å²) in [7, 11) is 0. The van der Waals surface area contributed by atoms with Crippen molar-refractivity contribution in [3.63, 3.8) is 0 Å². The van der Waals surface area contributed by atoms with Crippen LogP contribution in [-0.4, -0.2) is 17.0 Å². The van der Waals surface area contributed by atoms with Crippen LogP contribution in [0.1, 0.15) is 32.1 Å². The van der Waals surface area contributed by atoms with E-state index in [-0.39, 0.29) is 6.10 Å². The van der Waals surface area contributed by atoms with E-state index in [1.807, 2.05) is 18.2 Å². The number of aliphatic hydroxyl groups excluding tert-OH is 1. The van der Waals surface area contributed by atoms with Crippen molar-refractivity contribution in [2.75, 3.05) is 5.75 Å². The van der Waals surface area contributed by atoms with E-state index in [1.54, 1.807) is 11.8 Å². The summed E-state index contributed by atoms with van der Waals surface area (Å²) in [4.78, 5) is 1.20. The third-order valence-corrected chi connectivity index (χ3v) is 4.32. The lowest BCUT2D eigenvalue weighted by atomic mass is 10.1. The number of hydrogen-bond acceptors (Lipinski definition) is 2. The topological polar surface area (TPSA) is 20.2 Å². The second kappa shape index (κ2) is 9.65. The fourth-order valence-corrected chi connectivity index (χ4v) is 3.17. The Morgan fingerprint density at radius 1 is 1.33 bits per heavy atom. The summed E-state index contributed by atoms with van der Waals surface area (Å²) in [5, 5.41) is 9.88. The monoisotopic (exact) mass is 328 g/mol. The van der Waals surface area contributed by atoms with E-state index in [4.69, 9.17) is 0 Å². The maximum Gasteiger partial charge on any atom is 0.0634 e. The van der Waals surface area contributed by atoms with E-state index >= 15 is 0 Å². The smallest absolute Gasteiger partial charge is 0.0634 e. The van der Waals surface area contributed by atoms with Gasteiger partial charge in [-0.15, -0.1) is 18.3 Å². The van der Waals surface area contributed by atoms with E-state index in [2.05, 4.69) is 34.6 Å². The average molecular weight is 329 g/mol. The lowest BCUT2D eigenvalue weighted by Crippen LogP contribution is -2.09. The van der Waals surface area contributed by atoms with Gasteiger partial charge >= 0.3 is 0 Å². The summed E-state index contributed by atoms with van der Waals surface area (Å²) in [5.74, 6) is 0.776. The first-order valence-electron chi connectivity index (χ1n) is 6.39. The van der Waals surface area contributed by atoms with Crippen LogP contribution in [0.25, 0.3) is 0 Å². The lowest BCUT2D eigenvalue weighted by molar-refractivity contribution is 0.185. The third kappa shape index (κ3) is 7.24. The number of allylic oxidation sites excluding steroid dienone is 1. The molecule has 1 nitrogen and oxygen atoms in total.